The second kappa shape index (κ2) is 5.99. The highest BCUT2D eigenvalue weighted by Gasteiger charge is 2.41. The molecule has 0 radical (unpaired) electrons. The largest absolute Gasteiger partial charge is 0.385 e. The average Bonchev–Trinajstić information content (AvgIpc) is 2.64. The third-order valence-electron chi connectivity index (χ3n) is 1.81. The minimum atomic E-state index is -4.20. The van der Waals surface area contributed by atoms with Crippen LogP contribution in [0.2, 0.25) is 4.34 Å². The summed E-state index contributed by atoms with van der Waals surface area (Å²) in [6, 6.07) is 3.03. The van der Waals surface area contributed by atoms with Crippen LogP contribution in [0, 0.1) is 0 Å². The monoisotopic (exact) mass is 292 g/mol. The van der Waals surface area contributed by atoms with E-state index < -0.39 is 31.7 Å². The molecule has 98 valence electrons. The zero-order valence-corrected chi connectivity index (χ0v) is 9.95. The fourth-order valence-corrected chi connectivity index (χ4v) is 1.99. The number of halogens is 5. The summed E-state index contributed by atoms with van der Waals surface area (Å²) in [6.45, 7) is -1.92. The predicted octanol–water partition coefficient (Wildman–Crippen LogP) is 3.35. The normalized spacial score (nSPS) is 14.3. The van der Waals surface area contributed by atoms with Crippen LogP contribution in [-0.4, -0.2) is 30.7 Å². The van der Waals surface area contributed by atoms with E-state index in [4.69, 9.17) is 11.6 Å². The van der Waals surface area contributed by atoms with E-state index in [0.29, 0.717) is 9.21 Å². The van der Waals surface area contributed by atoms with Crippen LogP contribution in [0.1, 0.15) is 11.0 Å². The van der Waals surface area contributed by atoms with Crippen molar-refractivity contribution in [1.82, 2.24) is 0 Å². The lowest BCUT2D eigenvalue weighted by atomic mass is 10.3. The molecule has 17 heavy (non-hydrogen) atoms. The van der Waals surface area contributed by atoms with Crippen molar-refractivity contribution >= 4 is 22.9 Å². The zero-order chi connectivity index (χ0) is 13.1. The molecular weight excluding hydrogens is 284 g/mol. The Morgan fingerprint density at radius 3 is 2.53 bits per heavy atom. The molecule has 0 saturated heterocycles. The number of aliphatic hydroxyl groups excluding tert-OH is 1. The van der Waals surface area contributed by atoms with Crippen molar-refractivity contribution in [2.24, 2.45) is 0 Å². The van der Waals surface area contributed by atoms with Crippen molar-refractivity contribution in [2.45, 2.75) is 18.5 Å². The van der Waals surface area contributed by atoms with Crippen LogP contribution in [0.4, 0.5) is 17.6 Å². The van der Waals surface area contributed by atoms with Gasteiger partial charge in [0.2, 0.25) is 0 Å². The number of ether oxygens (including phenoxy) is 1. The fourth-order valence-electron chi connectivity index (χ4n) is 0.959. The molecule has 8 heteroatoms. The highest BCUT2D eigenvalue weighted by molar-refractivity contribution is 7.16. The Morgan fingerprint density at radius 2 is 2.06 bits per heavy atom. The van der Waals surface area contributed by atoms with Gasteiger partial charge in [-0.3, -0.25) is 0 Å². The molecule has 0 amide bonds. The summed E-state index contributed by atoms with van der Waals surface area (Å²) in [6.07, 6.45) is -4.93. The maximum absolute atomic E-state index is 12.4. The van der Waals surface area contributed by atoms with Gasteiger partial charge in [-0.05, 0) is 12.1 Å². The molecule has 0 aromatic carbocycles. The van der Waals surface area contributed by atoms with Crippen molar-refractivity contribution in [1.29, 1.82) is 0 Å². The lowest BCUT2D eigenvalue weighted by molar-refractivity contribution is -0.170. The van der Waals surface area contributed by atoms with Gasteiger partial charge in [0, 0.05) is 4.88 Å². The lowest BCUT2D eigenvalue weighted by Gasteiger charge is -2.16. The summed E-state index contributed by atoms with van der Waals surface area (Å²) < 4.78 is 53.2. The van der Waals surface area contributed by atoms with E-state index in [0.717, 1.165) is 11.3 Å². The first kappa shape index (κ1) is 14.7. The van der Waals surface area contributed by atoms with Crippen LogP contribution < -0.4 is 0 Å². The number of thiophene rings is 1. The van der Waals surface area contributed by atoms with E-state index in [2.05, 4.69) is 4.74 Å². The topological polar surface area (TPSA) is 29.5 Å². The average molecular weight is 293 g/mol. The molecule has 1 N–H and O–H groups in total. The number of rotatable bonds is 6. The van der Waals surface area contributed by atoms with E-state index in [1.807, 2.05) is 0 Å². The first-order valence-electron chi connectivity index (χ1n) is 4.50. The molecule has 0 aliphatic carbocycles. The Bertz CT molecular complexity index is 359. The van der Waals surface area contributed by atoms with E-state index in [1.54, 1.807) is 0 Å². The van der Waals surface area contributed by atoms with Gasteiger partial charge in [0.15, 0.2) is 0 Å². The molecule has 0 aliphatic rings. The summed E-state index contributed by atoms with van der Waals surface area (Å²) in [5, 5.41) is 9.46. The Labute approximate surface area is 104 Å². The van der Waals surface area contributed by atoms with Gasteiger partial charge in [0.1, 0.15) is 12.7 Å². The molecule has 2 nitrogen and oxygen atoms in total. The van der Waals surface area contributed by atoms with Gasteiger partial charge in [-0.15, -0.1) is 11.3 Å². The summed E-state index contributed by atoms with van der Waals surface area (Å²) in [5.41, 5.74) is 0. The number of hydrogen-bond donors (Lipinski definition) is 1. The standard InChI is InChI=1S/C9H9ClF4O2S/c10-7-2-1-6(17-7)5(15)3-16-4-9(13,14)8(11)12/h1-2,5,8,15H,3-4H2. The van der Waals surface area contributed by atoms with Gasteiger partial charge in [-0.2, -0.15) is 8.78 Å². The van der Waals surface area contributed by atoms with E-state index in [1.165, 1.54) is 12.1 Å². The Hall–Kier alpha value is -0.370. The van der Waals surface area contributed by atoms with Crippen LogP contribution in [0.5, 0.6) is 0 Å². The zero-order valence-electron chi connectivity index (χ0n) is 8.38. The summed E-state index contributed by atoms with van der Waals surface area (Å²) in [7, 11) is 0. The van der Waals surface area contributed by atoms with Crippen molar-refractivity contribution in [3.8, 4) is 0 Å². The minimum Gasteiger partial charge on any atom is -0.385 e. The van der Waals surface area contributed by atoms with Gasteiger partial charge in [0.05, 0.1) is 10.9 Å². The fraction of sp³-hybridized carbons (Fsp3) is 0.556. The Balaban J connectivity index is 2.37. The highest BCUT2D eigenvalue weighted by atomic mass is 35.5. The molecule has 0 fully saturated rings. The molecule has 1 unspecified atom stereocenters. The third-order valence-corrected chi connectivity index (χ3v) is 3.14. The molecular formula is C9H9ClF4O2S. The highest BCUT2D eigenvalue weighted by Crippen LogP contribution is 2.28. The SMILES string of the molecule is OC(COCC(F)(F)C(F)F)c1ccc(Cl)s1. The first-order valence-corrected chi connectivity index (χ1v) is 5.69. The van der Waals surface area contributed by atoms with E-state index in [-0.39, 0.29) is 0 Å². The van der Waals surface area contributed by atoms with Gasteiger partial charge in [-0.25, -0.2) is 8.78 Å². The van der Waals surface area contributed by atoms with Crippen LogP contribution in [0.15, 0.2) is 12.1 Å². The Morgan fingerprint density at radius 1 is 1.41 bits per heavy atom. The van der Waals surface area contributed by atoms with Crippen molar-refractivity contribution in [3.63, 3.8) is 0 Å². The molecule has 1 heterocycles. The van der Waals surface area contributed by atoms with Crippen molar-refractivity contribution in [3.05, 3.63) is 21.3 Å². The molecule has 1 aromatic heterocycles. The van der Waals surface area contributed by atoms with Crippen LogP contribution in [0.25, 0.3) is 0 Å². The molecule has 0 bridgehead atoms. The smallest absolute Gasteiger partial charge is 0.330 e. The Kier molecular flexibility index (Phi) is 5.18. The maximum Gasteiger partial charge on any atom is 0.330 e. The molecule has 0 saturated carbocycles. The van der Waals surface area contributed by atoms with Gasteiger partial charge in [0.25, 0.3) is 0 Å². The predicted molar refractivity (Wildman–Crippen MR) is 56.1 cm³/mol. The quantitative estimate of drug-likeness (QED) is 0.815. The van der Waals surface area contributed by atoms with Crippen LogP contribution in [0.3, 0.4) is 0 Å². The van der Waals surface area contributed by atoms with Gasteiger partial charge in [-0.1, -0.05) is 11.6 Å². The molecule has 0 aliphatic heterocycles. The molecule has 1 rings (SSSR count). The number of aliphatic hydroxyl groups is 1. The molecule has 1 atom stereocenters. The second-order valence-electron chi connectivity index (χ2n) is 3.23. The molecule has 1 aromatic rings. The van der Waals surface area contributed by atoms with Crippen LogP contribution in [-0.2, 0) is 4.74 Å². The lowest BCUT2D eigenvalue weighted by Crippen LogP contribution is -2.33. The van der Waals surface area contributed by atoms with Crippen molar-refractivity contribution < 1.29 is 27.4 Å². The van der Waals surface area contributed by atoms with E-state index in [9.17, 15) is 22.7 Å². The maximum atomic E-state index is 12.4. The van der Waals surface area contributed by atoms with Crippen LogP contribution >= 0.6 is 22.9 Å². The van der Waals surface area contributed by atoms with Crippen molar-refractivity contribution in [2.75, 3.05) is 13.2 Å². The van der Waals surface area contributed by atoms with Gasteiger partial charge >= 0.3 is 12.3 Å². The second-order valence-corrected chi connectivity index (χ2v) is 4.98. The van der Waals surface area contributed by atoms with E-state index >= 15 is 0 Å². The number of alkyl halides is 4. The number of hydrogen-bond acceptors (Lipinski definition) is 3. The van der Waals surface area contributed by atoms with Gasteiger partial charge < -0.3 is 9.84 Å². The summed E-state index contributed by atoms with van der Waals surface area (Å²) in [5.74, 6) is -4.20. The molecule has 0 spiro atoms. The summed E-state index contributed by atoms with van der Waals surface area (Å²) in [4.78, 5) is 0.426. The first-order chi connectivity index (χ1) is 7.83. The third kappa shape index (κ3) is 4.42. The summed E-state index contributed by atoms with van der Waals surface area (Å²) >= 11 is 6.66. The minimum absolute atomic E-state index is 0.426.